The molecular formula is C13H14N2S. The predicted molar refractivity (Wildman–Crippen MR) is 69.8 cm³/mol. The molecule has 0 unspecified atom stereocenters. The van der Waals surface area contributed by atoms with Gasteiger partial charge in [-0.3, -0.25) is 0 Å². The number of rotatable bonds is 3. The maximum Gasteiger partial charge on any atom is 0.124 e. The highest BCUT2D eigenvalue weighted by Crippen LogP contribution is 2.52. The molecule has 1 atom stereocenters. The molecule has 0 spiro atoms. The molecule has 1 aromatic carbocycles. The van der Waals surface area contributed by atoms with Crippen LogP contribution < -0.4 is 0 Å². The van der Waals surface area contributed by atoms with E-state index in [2.05, 4.69) is 41.7 Å². The number of hydrogen-bond donors (Lipinski definition) is 1. The van der Waals surface area contributed by atoms with Crippen molar-refractivity contribution in [3.63, 3.8) is 0 Å². The minimum absolute atomic E-state index is 0.234. The molecule has 1 saturated heterocycles. The number of thioether (sulfide) groups is 1. The average Bonchev–Trinajstić information content (AvgIpc) is 2.88. The number of H-pyrrole nitrogens is 1. The van der Waals surface area contributed by atoms with E-state index in [1.54, 1.807) is 0 Å². The van der Waals surface area contributed by atoms with E-state index in [9.17, 15) is 0 Å². The minimum Gasteiger partial charge on any atom is -0.341 e. The quantitative estimate of drug-likeness (QED) is 0.647. The van der Waals surface area contributed by atoms with E-state index in [1.165, 1.54) is 11.3 Å². The zero-order valence-corrected chi connectivity index (χ0v) is 10.1. The Balaban J connectivity index is 2.07. The Bertz CT molecular complexity index is 552. The summed E-state index contributed by atoms with van der Waals surface area (Å²) in [7, 11) is 0. The van der Waals surface area contributed by atoms with E-state index in [1.807, 2.05) is 17.8 Å². The van der Waals surface area contributed by atoms with Crippen molar-refractivity contribution in [2.45, 2.75) is 18.1 Å². The molecule has 0 amide bonds. The molecule has 1 aliphatic rings. The molecular weight excluding hydrogens is 216 g/mol. The van der Waals surface area contributed by atoms with Gasteiger partial charge < -0.3 is 4.98 Å². The zero-order valence-electron chi connectivity index (χ0n) is 9.29. The first kappa shape index (κ1) is 9.97. The fraction of sp³-hybridized carbons (Fsp3) is 0.308. The molecule has 1 aromatic heterocycles. The molecule has 2 nitrogen and oxygen atoms in total. The molecule has 0 bridgehead atoms. The summed E-state index contributed by atoms with van der Waals surface area (Å²) in [4.78, 5) is 8.09. The Labute approximate surface area is 99.2 Å². The van der Waals surface area contributed by atoms with Crippen LogP contribution in [0.25, 0.3) is 11.0 Å². The number of fused-ring (bicyclic) bond motifs is 1. The second kappa shape index (κ2) is 3.39. The Morgan fingerprint density at radius 2 is 2.44 bits per heavy atom. The second-order valence-corrected chi connectivity index (χ2v) is 5.93. The lowest BCUT2D eigenvalue weighted by molar-refractivity contribution is 0.812. The van der Waals surface area contributed by atoms with Gasteiger partial charge in [0, 0.05) is 5.75 Å². The molecule has 1 aliphatic heterocycles. The van der Waals surface area contributed by atoms with Crippen molar-refractivity contribution in [2.24, 2.45) is 0 Å². The summed E-state index contributed by atoms with van der Waals surface area (Å²) >= 11 is 1.94. The van der Waals surface area contributed by atoms with E-state index < -0.39 is 0 Å². The fourth-order valence-electron chi connectivity index (χ4n) is 1.84. The molecule has 0 radical (unpaired) electrons. The van der Waals surface area contributed by atoms with Gasteiger partial charge in [-0.25, -0.2) is 4.98 Å². The maximum atomic E-state index is 4.68. The minimum atomic E-state index is 0.234. The molecule has 1 N–H and O–H groups in total. The third-order valence-electron chi connectivity index (χ3n) is 3.01. The van der Waals surface area contributed by atoms with Crippen LogP contribution >= 0.6 is 11.8 Å². The van der Waals surface area contributed by atoms with E-state index in [4.69, 9.17) is 0 Å². The van der Waals surface area contributed by atoms with Crippen molar-refractivity contribution in [1.82, 2.24) is 9.97 Å². The molecule has 3 rings (SSSR count). The summed E-state index contributed by atoms with van der Waals surface area (Å²) in [6, 6.07) is 6.39. The molecule has 0 saturated carbocycles. The van der Waals surface area contributed by atoms with Crippen molar-refractivity contribution >= 4 is 22.8 Å². The van der Waals surface area contributed by atoms with E-state index in [0.29, 0.717) is 0 Å². The Morgan fingerprint density at radius 3 is 3.12 bits per heavy atom. The van der Waals surface area contributed by atoms with Crippen LogP contribution in [0.3, 0.4) is 0 Å². The van der Waals surface area contributed by atoms with Crippen LogP contribution in [-0.2, 0) is 11.2 Å². The maximum absolute atomic E-state index is 4.68. The predicted octanol–water partition coefficient (Wildman–Crippen LogP) is 3.25. The van der Waals surface area contributed by atoms with Gasteiger partial charge >= 0.3 is 0 Å². The van der Waals surface area contributed by atoms with Gasteiger partial charge in [0.1, 0.15) is 5.82 Å². The summed E-state index contributed by atoms with van der Waals surface area (Å²) < 4.78 is 0.234. The van der Waals surface area contributed by atoms with Crippen LogP contribution in [0.1, 0.15) is 18.3 Å². The van der Waals surface area contributed by atoms with Crippen molar-refractivity contribution in [2.75, 3.05) is 5.75 Å². The number of aromatic nitrogens is 2. The van der Waals surface area contributed by atoms with Crippen molar-refractivity contribution in [3.8, 4) is 0 Å². The smallest absolute Gasteiger partial charge is 0.124 e. The highest BCUT2D eigenvalue weighted by Gasteiger charge is 2.43. The van der Waals surface area contributed by atoms with E-state index >= 15 is 0 Å². The lowest BCUT2D eigenvalue weighted by Crippen LogP contribution is -2.02. The monoisotopic (exact) mass is 230 g/mol. The van der Waals surface area contributed by atoms with Gasteiger partial charge in [0.2, 0.25) is 0 Å². The lowest BCUT2D eigenvalue weighted by Gasteiger charge is -1.98. The van der Waals surface area contributed by atoms with Crippen molar-refractivity contribution < 1.29 is 0 Å². The number of aromatic amines is 1. The molecule has 2 aromatic rings. The normalized spacial score (nSPS) is 23.6. The Kier molecular flexibility index (Phi) is 2.11. The van der Waals surface area contributed by atoms with Crippen LogP contribution in [-0.4, -0.2) is 15.7 Å². The number of nitrogens with one attached hydrogen (secondary N) is 1. The molecule has 82 valence electrons. The van der Waals surface area contributed by atoms with Gasteiger partial charge in [-0.1, -0.05) is 12.1 Å². The first-order chi connectivity index (χ1) is 7.71. The lowest BCUT2D eigenvalue weighted by atomic mass is 10.1. The fourth-order valence-corrected chi connectivity index (χ4v) is 2.43. The highest BCUT2D eigenvalue weighted by molar-refractivity contribution is 8.07. The Morgan fingerprint density at radius 1 is 1.62 bits per heavy atom. The summed E-state index contributed by atoms with van der Waals surface area (Å²) in [5, 5.41) is 0. The van der Waals surface area contributed by atoms with Crippen LogP contribution in [0.15, 0.2) is 30.9 Å². The number of imidazole rings is 1. The topological polar surface area (TPSA) is 28.7 Å². The van der Waals surface area contributed by atoms with Crippen LogP contribution in [0.2, 0.25) is 0 Å². The molecule has 16 heavy (non-hydrogen) atoms. The first-order valence-corrected chi connectivity index (χ1v) is 6.44. The summed E-state index contributed by atoms with van der Waals surface area (Å²) in [5.74, 6) is 2.29. The molecule has 2 heterocycles. The number of allylic oxidation sites excluding steroid dienone is 1. The van der Waals surface area contributed by atoms with Crippen LogP contribution in [0.5, 0.6) is 0 Å². The van der Waals surface area contributed by atoms with Crippen LogP contribution in [0, 0.1) is 0 Å². The summed E-state index contributed by atoms with van der Waals surface area (Å²) in [6.07, 6.45) is 2.83. The largest absolute Gasteiger partial charge is 0.341 e. The first-order valence-electron chi connectivity index (χ1n) is 5.45. The van der Waals surface area contributed by atoms with E-state index in [0.717, 1.165) is 23.3 Å². The molecule has 0 aliphatic carbocycles. The molecule has 3 heteroatoms. The second-order valence-electron chi connectivity index (χ2n) is 4.45. The average molecular weight is 230 g/mol. The van der Waals surface area contributed by atoms with Gasteiger partial charge in [0.25, 0.3) is 0 Å². The van der Waals surface area contributed by atoms with Gasteiger partial charge in [0.15, 0.2) is 0 Å². The zero-order chi connectivity index (χ0) is 11.2. The summed E-state index contributed by atoms with van der Waals surface area (Å²) in [6.45, 7) is 6.00. The van der Waals surface area contributed by atoms with Gasteiger partial charge in [-0.05, 0) is 31.0 Å². The number of hydrogen-bond acceptors (Lipinski definition) is 2. The van der Waals surface area contributed by atoms with Gasteiger partial charge in [0.05, 0.1) is 15.8 Å². The van der Waals surface area contributed by atoms with Crippen molar-refractivity contribution in [3.05, 3.63) is 42.2 Å². The third kappa shape index (κ3) is 1.55. The van der Waals surface area contributed by atoms with Crippen molar-refractivity contribution in [1.29, 1.82) is 0 Å². The van der Waals surface area contributed by atoms with E-state index in [-0.39, 0.29) is 4.75 Å². The van der Waals surface area contributed by atoms with Gasteiger partial charge in [-0.2, -0.15) is 0 Å². The highest BCUT2D eigenvalue weighted by atomic mass is 32.2. The third-order valence-corrected chi connectivity index (χ3v) is 4.35. The molecule has 1 fully saturated rings. The standard InChI is InChI=1S/C13H14N2S/c1-3-4-9-5-6-10-11(7-9)15-12(14-10)13(2)8-16-13/h3,5-7H,1,4,8H2,2H3,(H,14,15)/t13-/m1/s1. The van der Waals surface area contributed by atoms with Gasteiger partial charge in [-0.15, -0.1) is 18.3 Å². The number of benzene rings is 1. The SMILES string of the molecule is C=CCc1ccc2[nH]c([C@@]3(C)CS3)nc2c1. The Hall–Kier alpha value is -1.22. The number of nitrogens with zero attached hydrogens (tertiary/aromatic N) is 1. The summed E-state index contributed by atoms with van der Waals surface area (Å²) in [5.41, 5.74) is 3.48. The van der Waals surface area contributed by atoms with Crippen LogP contribution in [0.4, 0.5) is 0 Å².